The van der Waals surface area contributed by atoms with Crippen LogP contribution in [0.15, 0.2) is 41.9 Å². The third-order valence-electron chi connectivity index (χ3n) is 1.89. The van der Waals surface area contributed by atoms with E-state index in [1.54, 1.807) is 35.3 Å². The predicted molar refractivity (Wildman–Crippen MR) is 53.9 cm³/mol. The highest BCUT2D eigenvalue weighted by molar-refractivity contribution is 5.96. The van der Waals surface area contributed by atoms with Crippen LogP contribution in [0.1, 0.15) is 5.56 Å². The third kappa shape index (κ3) is 1.78. The molecule has 0 bridgehead atoms. The number of amidine groups is 1. The first-order valence-corrected chi connectivity index (χ1v) is 4.25. The average Bonchev–Trinajstić information content (AvgIpc) is 2.82. The first-order valence-electron chi connectivity index (χ1n) is 4.25. The number of nitrogens with two attached hydrogens (primary N) is 1. The largest absolute Gasteiger partial charge is 0.409 e. The van der Waals surface area contributed by atoms with Gasteiger partial charge in [0, 0.05) is 24.2 Å². The molecule has 2 aromatic rings. The number of hydrogen-bond acceptors (Lipinski definition) is 4. The summed E-state index contributed by atoms with van der Waals surface area (Å²) in [6, 6.07) is 5.25. The Morgan fingerprint density at radius 3 is 2.87 bits per heavy atom. The molecular weight excluding hydrogens is 194 g/mol. The number of oxime groups is 1. The van der Waals surface area contributed by atoms with Crippen LogP contribution in [0.2, 0.25) is 0 Å². The summed E-state index contributed by atoms with van der Waals surface area (Å²) in [4.78, 5) is 4.12. The van der Waals surface area contributed by atoms with Crippen LogP contribution in [0, 0.1) is 0 Å². The summed E-state index contributed by atoms with van der Waals surface area (Å²) in [5.74, 6) is 0.712. The van der Waals surface area contributed by atoms with Gasteiger partial charge in [-0.1, -0.05) is 5.16 Å². The molecule has 0 aliphatic carbocycles. The fraction of sp³-hybridized carbons (Fsp3) is 0. The molecule has 15 heavy (non-hydrogen) atoms. The van der Waals surface area contributed by atoms with Gasteiger partial charge >= 0.3 is 0 Å². The summed E-state index contributed by atoms with van der Waals surface area (Å²) in [5, 5.41) is 15.4. The monoisotopic (exact) mass is 203 g/mol. The minimum absolute atomic E-state index is 0.0366. The predicted octanol–water partition coefficient (Wildman–Crippen LogP) is 0.362. The molecule has 0 spiro atoms. The van der Waals surface area contributed by atoms with Crippen LogP contribution in [0.5, 0.6) is 0 Å². The van der Waals surface area contributed by atoms with E-state index in [0.717, 1.165) is 0 Å². The number of aromatic nitrogens is 3. The lowest BCUT2D eigenvalue weighted by atomic mass is 10.2. The van der Waals surface area contributed by atoms with E-state index in [1.165, 1.54) is 6.20 Å². The van der Waals surface area contributed by atoms with Gasteiger partial charge in [0.05, 0.1) is 0 Å². The van der Waals surface area contributed by atoms with Crippen molar-refractivity contribution in [1.29, 1.82) is 0 Å². The Bertz CT molecular complexity index is 460. The Hall–Kier alpha value is -2.37. The maximum atomic E-state index is 8.46. The second-order valence-corrected chi connectivity index (χ2v) is 2.84. The van der Waals surface area contributed by atoms with E-state index in [1.807, 2.05) is 0 Å². The highest BCUT2D eigenvalue weighted by Crippen LogP contribution is 2.04. The SMILES string of the molecule is N/C(=N\O)c1ccc(-n2cccn2)nc1. The van der Waals surface area contributed by atoms with Gasteiger partial charge in [0.1, 0.15) is 0 Å². The van der Waals surface area contributed by atoms with E-state index in [-0.39, 0.29) is 5.84 Å². The molecule has 6 heteroatoms. The Morgan fingerprint density at radius 2 is 2.33 bits per heavy atom. The van der Waals surface area contributed by atoms with Crippen LogP contribution < -0.4 is 5.73 Å². The van der Waals surface area contributed by atoms with Gasteiger partial charge in [-0.2, -0.15) is 5.10 Å². The summed E-state index contributed by atoms with van der Waals surface area (Å²) < 4.78 is 1.62. The van der Waals surface area contributed by atoms with Gasteiger partial charge < -0.3 is 10.9 Å². The highest BCUT2D eigenvalue weighted by atomic mass is 16.4. The molecule has 0 radical (unpaired) electrons. The van der Waals surface area contributed by atoms with Crippen LogP contribution in [0.4, 0.5) is 0 Å². The van der Waals surface area contributed by atoms with Crippen molar-refractivity contribution < 1.29 is 5.21 Å². The minimum atomic E-state index is 0.0366. The number of pyridine rings is 1. The summed E-state index contributed by atoms with van der Waals surface area (Å²) in [5.41, 5.74) is 5.96. The summed E-state index contributed by atoms with van der Waals surface area (Å²) in [6.07, 6.45) is 4.97. The van der Waals surface area contributed by atoms with E-state index in [9.17, 15) is 0 Å². The molecule has 0 aliphatic heterocycles. The minimum Gasteiger partial charge on any atom is -0.409 e. The van der Waals surface area contributed by atoms with Crippen LogP contribution in [0.3, 0.4) is 0 Å². The Labute approximate surface area is 85.7 Å². The van der Waals surface area contributed by atoms with Crippen molar-refractivity contribution in [2.24, 2.45) is 10.9 Å². The Balaban J connectivity index is 2.33. The molecule has 0 fully saturated rings. The van der Waals surface area contributed by atoms with Crippen LogP contribution in [-0.4, -0.2) is 25.8 Å². The molecule has 2 heterocycles. The average molecular weight is 203 g/mol. The van der Waals surface area contributed by atoms with Gasteiger partial charge in [0.2, 0.25) is 0 Å². The zero-order chi connectivity index (χ0) is 10.7. The van der Waals surface area contributed by atoms with E-state index >= 15 is 0 Å². The van der Waals surface area contributed by atoms with Crippen molar-refractivity contribution >= 4 is 5.84 Å². The van der Waals surface area contributed by atoms with Gasteiger partial charge in [-0.15, -0.1) is 0 Å². The van der Waals surface area contributed by atoms with Crippen molar-refractivity contribution in [2.75, 3.05) is 0 Å². The topological polar surface area (TPSA) is 89.3 Å². The second-order valence-electron chi connectivity index (χ2n) is 2.84. The molecule has 0 saturated heterocycles. The smallest absolute Gasteiger partial charge is 0.171 e. The third-order valence-corrected chi connectivity index (χ3v) is 1.89. The summed E-state index contributed by atoms with van der Waals surface area (Å²) in [7, 11) is 0. The van der Waals surface area contributed by atoms with Crippen molar-refractivity contribution in [2.45, 2.75) is 0 Å². The standard InChI is InChI=1S/C9H9N5O/c10-9(13-15)7-2-3-8(11-6-7)14-5-1-4-12-14/h1-6,15H,(H2,10,13). The molecule has 3 N–H and O–H groups in total. The molecule has 0 amide bonds. The first-order chi connectivity index (χ1) is 7.31. The molecule has 0 atom stereocenters. The Morgan fingerprint density at radius 1 is 1.47 bits per heavy atom. The van der Waals surface area contributed by atoms with Gasteiger partial charge in [-0.05, 0) is 18.2 Å². The molecule has 6 nitrogen and oxygen atoms in total. The molecule has 2 rings (SSSR count). The van der Waals surface area contributed by atoms with Crippen LogP contribution >= 0.6 is 0 Å². The molecule has 2 aromatic heterocycles. The highest BCUT2D eigenvalue weighted by Gasteiger charge is 2.01. The molecule has 0 unspecified atom stereocenters. The van der Waals surface area contributed by atoms with Crippen molar-refractivity contribution in [3.8, 4) is 5.82 Å². The fourth-order valence-electron chi connectivity index (χ4n) is 1.14. The lowest BCUT2D eigenvalue weighted by Gasteiger charge is -2.01. The van der Waals surface area contributed by atoms with E-state index < -0.39 is 0 Å². The quantitative estimate of drug-likeness (QED) is 0.319. The van der Waals surface area contributed by atoms with E-state index in [2.05, 4.69) is 15.2 Å². The lowest BCUT2D eigenvalue weighted by Crippen LogP contribution is -2.13. The zero-order valence-electron chi connectivity index (χ0n) is 7.78. The summed E-state index contributed by atoms with van der Waals surface area (Å²) in [6.45, 7) is 0. The van der Waals surface area contributed by atoms with E-state index in [0.29, 0.717) is 11.4 Å². The van der Waals surface area contributed by atoms with Gasteiger partial charge in [-0.25, -0.2) is 9.67 Å². The number of hydrogen-bond donors (Lipinski definition) is 2. The molecule has 0 aliphatic rings. The second kappa shape index (κ2) is 3.79. The molecule has 76 valence electrons. The first kappa shape index (κ1) is 9.20. The normalized spacial score (nSPS) is 11.6. The van der Waals surface area contributed by atoms with Gasteiger partial charge in [-0.3, -0.25) is 0 Å². The fourth-order valence-corrected chi connectivity index (χ4v) is 1.14. The maximum absolute atomic E-state index is 8.46. The van der Waals surface area contributed by atoms with Crippen molar-refractivity contribution in [3.63, 3.8) is 0 Å². The molecular formula is C9H9N5O. The summed E-state index contributed by atoms with van der Waals surface area (Å²) >= 11 is 0. The van der Waals surface area contributed by atoms with Crippen molar-refractivity contribution in [1.82, 2.24) is 14.8 Å². The Kier molecular flexibility index (Phi) is 2.32. The van der Waals surface area contributed by atoms with Gasteiger partial charge in [0.25, 0.3) is 0 Å². The maximum Gasteiger partial charge on any atom is 0.171 e. The molecule has 0 aromatic carbocycles. The van der Waals surface area contributed by atoms with E-state index in [4.69, 9.17) is 10.9 Å². The molecule has 0 saturated carbocycles. The van der Waals surface area contributed by atoms with Gasteiger partial charge in [0.15, 0.2) is 11.7 Å². The lowest BCUT2D eigenvalue weighted by molar-refractivity contribution is 0.318. The van der Waals surface area contributed by atoms with Crippen LogP contribution in [0.25, 0.3) is 5.82 Å². The van der Waals surface area contributed by atoms with Crippen LogP contribution in [-0.2, 0) is 0 Å². The number of rotatable bonds is 2. The number of nitrogens with zero attached hydrogens (tertiary/aromatic N) is 4. The van der Waals surface area contributed by atoms with Crippen molar-refractivity contribution in [3.05, 3.63) is 42.4 Å². The zero-order valence-corrected chi connectivity index (χ0v) is 7.78.